The minimum atomic E-state index is -0.216. The topological polar surface area (TPSA) is 24.5 Å². The average molecular weight is 266 g/mol. The van der Waals surface area contributed by atoms with Crippen LogP contribution >= 0.6 is 0 Å². The second-order valence-corrected chi connectivity index (χ2v) is 5.36. The number of ether oxygens (including phenoxy) is 1. The minimum Gasteiger partial charge on any atom is -0.496 e. The highest BCUT2D eigenvalue weighted by atomic mass is 19.1. The van der Waals surface area contributed by atoms with Crippen molar-refractivity contribution in [2.45, 2.75) is 26.3 Å². The second-order valence-electron chi connectivity index (χ2n) is 5.36. The van der Waals surface area contributed by atoms with Gasteiger partial charge in [0.1, 0.15) is 11.6 Å². The summed E-state index contributed by atoms with van der Waals surface area (Å²) in [6.45, 7) is 9.07. The highest BCUT2D eigenvalue weighted by molar-refractivity contribution is 5.43. The number of nitrogens with zero attached hydrogens (tertiary/aromatic N) is 1. The summed E-state index contributed by atoms with van der Waals surface area (Å²) in [5, 5.41) is 3.33. The molecule has 0 amide bonds. The molecule has 0 atom stereocenters. The van der Waals surface area contributed by atoms with Crippen molar-refractivity contribution in [2.75, 3.05) is 33.3 Å². The van der Waals surface area contributed by atoms with Crippen LogP contribution in [0.25, 0.3) is 0 Å². The van der Waals surface area contributed by atoms with Gasteiger partial charge in [-0.25, -0.2) is 4.39 Å². The summed E-state index contributed by atoms with van der Waals surface area (Å²) in [7, 11) is 1.61. The fraction of sp³-hybridized carbons (Fsp3) is 0.600. The van der Waals surface area contributed by atoms with Gasteiger partial charge in [0.2, 0.25) is 0 Å². The number of hydrogen-bond donors (Lipinski definition) is 1. The normalized spacial score (nSPS) is 16.9. The molecule has 1 aliphatic heterocycles. The van der Waals surface area contributed by atoms with E-state index in [1.54, 1.807) is 13.2 Å². The monoisotopic (exact) mass is 266 g/mol. The fourth-order valence-electron chi connectivity index (χ4n) is 2.71. The van der Waals surface area contributed by atoms with Crippen LogP contribution in [0.1, 0.15) is 30.9 Å². The number of benzene rings is 1. The summed E-state index contributed by atoms with van der Waals surface area (Å²) in [5.74, 6) is 0.778. The summed E-state index contributed by atoms with van der Waals surface area (Å²) in [5.41, 5.74) is 2.18. The molecule has 1 fully saturated rings. The van der Waals surface area contributed by atoms with Gasteiger partial charge in [-0.1, -0.05) is 13.8 Å². The van der Waals surface area contributed by atoms with E-state index in [1.807, 2.05) is 0 Å². The summed E-state index contributed by atoms with van der Waals surface area (Å²) < 4.78 is 19.0. The van der Waals surface area contributed by atoms with Crippen molar-refractivity contribution in [1.29, 1.82) is 0 Å². The highest BCUT2D eigenvalue weighted by Crippen LogP contribution is 2.31. The standard InChI is InChI=1S/C15H23FN2O/c1-11(2)15-12(8-13(16)9-14(15)19-3)10-18-6-4-17-5-7-18/h8-9,11,17H,4-7,10H2,1-3H3. The lowest BCUT2D eigenvalue weighted by molar-refractivity contribution is 0.231. The lowest BCUT2D eigenvalue weighted by atomic mass is 9.95. The molecule has 4 heteroatoms. The number of methoxy groups -OCH3 is 1. The SMILES string of the molecule is COc1cc(F)cc(CN2CCNCC2)c1C(C)C. The lowest BCUT2D eigenvalue weighted by Gasteiger charge is -2.29. The third-order valence-corrected chi connectivity index (χ3v) is 3.59. The Balaban J connectivity index is 2.28. The van der Waals surface area contributed by atoms with E-state index in [4.69, 9.17) is 4.74 Å². The first-order valence-corrected chi connectivity index (χ1v) is 6.91. The molecule has 2 rings (SSSR count). The molecule has 19 heavy (non-hydrogen) atoms. The van der Waals surface area contributed by atoms with Crippen LogP contribution in [0, 0.1) is 5.82 Å². The molecule has 0 aliphatic carbocycles. The molecule has 0 bridgehead atoms. The van der Waals surface area contributed by atoms with Crippen LogP contribution < -0.4 is 10.1 Å². The molecular weight excluding hydrogens is 243 g/mol. The Kier molecular flexibility index (Phi) is 4.77. The van der Waals surface area contributed by atoms with Crippen molar-refractivity contribution in [3.8, 4) is 5.75 Å². The van der Waals surface area contributed by atoms with Gasteiger partial charge in [-0.2, -0.15) is 0 Å². The van der Waals surface area contributed by atoms with Crippen molar-refractivity contribution >= 4 is 0 Å². The molecule has 0 aromatic heterocycles. The maximum Gasteiger partial charge on any atom is 0.127 e. The smallest absolute Gasteiger partial charge is 0.127 e. The fourth-order valence-corrected chi connectivity index (χ4v) is 2.71. The molecular formula is C15H23FN2O. The molecule has 106 valence electrons. The Bertz CT molecular complexity index is 428. The van der Waals surface area contributed by atoms with Crippen molar-refractivity contribution in [3.63, 3.8) is 0 Å². The molecule has 0 saturated carbocycles. The van der Waals surface area contributed by atoms with Crippen molar-refractivity contribution in [3.05, 3.63) is 29.1 Å². The van der Waals surface area contributed by atoms with Gasteiger partial charge in [-0.05, 0) is 17.5 Å². The molecule has 1 aliphatic rings. The number of halogens is 1. The Labute approximate surface area is 114 Å². The molecule has 1 saturated heterocycles. The molecule has 1 N–H and O–H groups in total. The van der Waals surface area contributed by atoms with Gasteiger partial charge in [0.25, 0.3) is 0 Å². The van der Waals surface area contributed by atoms with Crippen LogP contribution in [0.15, 0.2) is 12.1 Å². The van der Waals surface area contributed by atoms with Gasteiger partial charge in [0.05, 0.1) is 7.11 Å². The maximum atomic E-state index is 13.7. The van der Waals surface area contributed by atoms with Crippen LogP contribution in [-0.4, -0.2) is 38.2 Å². The predicted octanol–water partition coefficient (Wildman–Crippen LogP) is 2.36. The molecule has 1 aromatic carbocycles. The third-order valence-electron chi connectivity index (χ3n) is 3.59. The van der Waals surface area contributed by atoms with Crippen LogP contribution in [0.5, 0.6) is 5.75 Å². The second kappa shape index (κ2) is 6.35. The van der Waals surface area contributed by atoms with Crippen LogP contribution in [0.3, 0.4) is 0 Å². The maximum absolute atomic E-state index is 13.7. The van der Waals surface area contributed by atoms with Crippen molar-refractivity contribution in [2.24, 2.45) is 0 Å². The first kappa shape index (κ1) is 14.3. The number of rotatable bonds is 4. The zero-order chi connectivity index (χ0) is 13.8. The largest absolute Gasteiger partial charge is 0.496 e. The van der Waals surface area contributed by atoms with Crippen molar-refractivity contribution in [1.82, 2.24) is 10.2 Å². The number of nitrogens with one attached hydrogen (secondary N) is 1. The minimum absolute atomic E-state index is 0.216. The summed E-state index contributed by atoms with van der Waals surface area (Å²) in [6.07, 6.45) is 0. The van der Waals surface area contributed by atoms with E-state index in [9.17, 15) is 4.39 Å². The Morgan fingerprint density at radius 2 is 2.00 bits per heavy atom. The van der Waals surface area contributed by atoms with Gasteiger partial charge in [0, 0.05) is 44.4 Å². The van der Waals surface area contributed by atoms with E-state index in [0.717, 1.165) is 43.9 Å². The molecule has 3 nitrogen and oxygen atoms in total. The molecule has 0 unspecified atom stereocenters. The molecule has 1 heterocycles. The lowest BCUT2D eigenvalue weighted by Crippen LogP contribution is -2.43. The predicted molar refractivity (Wildman–Crippen MR) is 75.2 cm³/mol. The van der Waals surface area contributed by atoms with Gasteiger partial charge < -0.3 is 10.1 Å². The molecule has 1 aromatic rings. The summed E-state index contributed by atoms with van der Waals surface area (Å²) in [6, 6.07) is 3.14. The Morgan fingerprint density at radius 3 is 2.58 bits per heavy atom. The van der Waals surface area contributed by atoms with Gasteiger partial charge in [-0.15, -0.1) is 0 Å². The number of hydrogen-bond acceptors (Lipinski definition) is 3. The quantitative estimate of drug-likeness (QED) is 0.905. The van der Waals surface area contributed by atoms with Gasteiger partial charge >= 0.3 is 0 Å². The van der Waals surface area contributed by atoms with E-state index < -0.39 is 0 Å². The van der Waals surface area contributed by atoms with Crippen LogP contribution in [0.4, 0.5) is 4.39 Å². The summed E-state index contributed by atoms with van der Waals surface area (Å²) in [4.78, 5) is 2.36. The summed E-state index contributed by atoms with van der Waals surface area (Å²) >= 11 is 0. The first-order chi connectivity index (χ1) is 9.11. The van der Waals surface area contributed by atoms with Gasteiger partial charge in [-0.3, -0.25) is 4.90 Å². The van der Waals surface area contributed by atoms with E-state index >= 15 is 0 Å². The van der Waals surface area contributed by atoms with E-state index in [1.165, 1.54) is 6.07 Å². The third kappa shape index (κ3) is 3.45. The molecule has 0 radical (unpaired) electrons. The highest BCUT2D eigenvalue weighted by Gasteiger charge is 2.18. The zero-order valence-corrected chi connectivity index (χ0v) is 12.0. The number of piperazine rings is 1. The molecule has 0 spiro atoms. The zero-order valence-electron chi connectivity index (χ0n) is 12.0. The van der Waals surface area contributed by atoms with E-state index in [0.29, 0.717) is 11.7 Å². The Morgan fingerprint density at radius 1 is 1.32 bits per heavy atom. The van der Waals surface area contributed by atoms with E-state index in [2.05, 4.69) is 24.1 Å². The Hall–Kier alpha value is -1.13. The van der Waals surface area contributed by atoms with Crippen molar-refractivity contribution < 1.29 is 9.13 Å². The van der Waals surface area contributed by atoms with E-state index in [-0.39, 0.29) is 5.82 Å². The average Bonchev–Trinajstić information content (AvgIpc) is 2.38. The van der Waals surface area contributed by atoms with Crippen LogP contribution in [-0.2, 0) is 6.54 Å². The van der Waals surface area contributed by atoms with Gasteiger partial charge in [0.15, 0.2) is 0 Å². The van der Waals surface area contributed by atoms with Crippen LogP contribution in [0.2, 0.25) is 0 Å². The first-order valence-electron chi connectivity index (χ1n) is 6.91.